The average Bonchev–Trinajstić information content (AvgIpc) is 2.54. The van der Waals surface area contributed by atoms with E-state index in [1.807, 2.05) is 6.07 Å². The molecule has 5 nitrogen and oxygen atoms in total. The van der Waals surface area contributed by atoms with Crippen LogP contribution in [0.1, 0.15) is 32.6 Å². The maximum absolute atomic E-state index is 12.0. The van der Waals surface area contributed by atoms with Gasteiger partial charge in [0.15, 0.2) is 18.1 Å². The maximum Gasteiger partial charge on any atom is 0.258 e. The van der Waals surface area contributed by atoms with Crippen LogP contribution in [0.3, 0.4) is 0 Å². The van der Waals surface area contributed by atoms with Gasteiger partial charge in [0.05, 0.1) is 14.2 Å². The quantitative estimate of drug-likeness (QED) is 0.878. The Kier molecular flexibility index (Phi) is 5.92. The van der Waals surface area contributed by atoms with Crippen LogP contribution in [0.25, 0.3) is 0 Å². The number of ether oxygens (including phenoxy) is 3. The first-order chi connectivity index (χ1) is 10.6. The lowest BCUT2D eigenvalue weighted by Crippen LogP contribution is -2.39. The largest absolute Gasteiger partial charge is 0.493 e. The van der Waals surface area contributed by atoms with Crippen LogP contribution in [0.2, 0.25) is 0 Å². The Labute approximate surface area is 131 Å². The zero-order valence-electron chi connectivity index (χ0n) is 13.6. The summed E-state index contributed by atoms with van der Waals surface area (Å²) in [6, 6.07) is 5.64. The van der Waals surface area contributed by atoms with Crippen LogP contribution >= 0.6 is 0 Å². The van der Waals surface area contributed by atoms with E-state index in [1.165, 1.54) is 12.8 Å². The predicted molar refractivity (Wildman–Crippen MR) is 84.6 cm³/mol. The molecule has 0 aromatic heterocycles. The molecule has 0 saturated heterocycles. The Morgan fingerprint density at radius 2 is 1.73 bits per heavy atom. The van der Waals surface area contributed by atoms with E-state index >= 15 is 0 Å². The van der Waals surface area contributed by atoms with E-state index in [0.717, 1.165) is 18.8 Å². The lowest BCUT2D eigenvalue weighted by Gasteiger charge is -2.26. The van der Waals surface area contributed by atoms with Gasteiger partial charge in [0, 0.05) is 6.04 Å². The Morgan fingerprint density at radius 1 is 1.14 bits per heavy atom. The molecule has 1 aromatic rings. The van der Waals surface area contributed by atoms with Gasteiger partial charge in [-0.05, 0) is 43.7 Å². The molecule has 1 saturated carbocycles. The van der Waals surface area contributed by atoms with Gasteiger partial charge in [-0.15, -0.1) is 0 Å². The second-order valence-corrected chi connectivity index (χ2v) is 5.80. The summed E-state index contributed by atoms with van der Waals surface area (Å²) in [7, 11) is 3.12. The third kappa shape index (κ3) is 4.29. The second kappa shape index (κ2) is 7.92. The molecule has 1 aliphatic rings. The lowest BCUT2D eigenvalue weighted by atomic mass is 9.87. The summed E-state index contributed by atoms with van der Waals surface area (Å²) in [5, 5.41) is 3.04. The fourth-order valence-electron chi connectivity index (χ4n) is 2.77. The summed E-state index contributed by atoms with van der Waals surface area (Å²) in [6.45, 7) is 2.22. The van der Waals surface area contributed by atoms with Crippen LogP contribution in [-0.2, 0) is 4.79 Å². The monoisotopic (exact) mass is 307 g/mol. The molecule has 22 heavy (non-hydrogen) atoms. The molecule has 0 bridgehead atoms. The van der Waals surface area contributed by atoms with E-state index in [1.54, 1.807) is 26.4 Å². The molecule has 0 unspecified atom stereocenters. The normalized spacial score (nSPS) is 21.0. The molecule has 0 atom stereocenters. The topological polar surface area (TPSA) is 56.8 Å². The van der Waals surface area contributed by atoms with Crippen LogP contribution < -0.4 is 19.5 Å². The van der Waals surface area contributed by atoms with Crippen molar-refractivity contribution in [1.29, 1.82) is 0 Å². The summed E-state index contributed by atoms with van der Waals surface area (Å²) in [6.07, 6.45) is 4.44. The summed E-state index contributed by atoms with van der Waals surface area (Å²) in [5.74, 6) is 2.23. The highest BCUT2D eigenvalue weighted by atomic mass is 16.5. The van der Waals surface area contributed by atoms with Gasteiger partial charge in [-0.2, -0.15) is 0 Å². The number of hydrogen-bond donors (Lipinski definition) is 1. The molecule has 0 aliphatic heterocycles. The molecule has 0 radical (unpaired) electrons. The number of methoxy groups -OCH3 is 2. The van der Waals surface area contributed by atoms with Crippen molar-refractivity contribution in [2.75, 3.05) is 20.8 Å². The molecule has 122 valence electrons. The van der Waals surface area contributed by atoms with Crippen molar-refractivity contribution in [3.8, 4) is 17.2 Å². The Morgan fingerprint density at radius 3 is 2.27 bits per heavy atom. The van der Waals surface area contributed by atoms with Gasteiger partial charge in [-0.25, -0.2) is 0 Å². The zero-order valence-corrected chi connectivity index (χ0v) is 13.6. The first-order valence-electron chi connectivity index (χ1n) is 7.77. The molecule has 1 aromatic carbocycles. The average molecular weight is 307 g/mol. The number of para-hydroxylation sites is 1. The van der Waals surface area contributed by atoms with E-state index < -0.39 is 0 Å². The third-order valence-electron chi connectivity index (χ3n) is 4.11. The molecular weight excluding hydrogens is 282 g/mol. The van der Waals surface area contributed by atoms with E-state index in [2.05, 4.69) is 12.2 Å². The van der Waals surface area contributed by atoms with Crippen molar-refractivity contribution >= 4 is 5.91 Å². The highest BCUT2D eigenvalue weighted by molar-refractivity contribution is 5.78. The second-order valence-electron chi connectivity index (χ2n) is 5.80. The molecule has 1 aliphatic carbocycles. The number of carbonyl (C=O) groups excluding carboxylic acids is 1. The summed E-state index contributed by atoms with van der Waals surface area (Å²) < 4.78 is 16.1. The summed E-state index contributed by atoms with van der Waals surface area (Å²) >= 11 is 0. The van der Waals surface area contributed by atoms with Crippen LogP contribution in [0, 0.1) is 5.92 Å². The highest BCUT2D eigenvalue weighted by Gasteiger charge is 2.20. The fourth-order valence-corrected chi connectivity index (χ4v) is 2.77. The Balaban J connectivity index is 1.88. The first kappa shape index (κ1) is 16.5. The van der Waals surface area contributed by atoms with Crippen molar-refractivity contribution in [2.45, 2.75) is 38.6 Å². The minimum atomic E-state index is -0.104. The van der Waals surface area contributed by atoms with Gasteiger partial charge in [0.25, 0.3) is 5.91 Å². The SMILES string of the molecule is COc1cccc(OC)c1OCC(=O)NC1CCC(C)CC1. The number of amides is 1. The molecule has 1 amide bonds. The van der Waals surface area contributed by atoms with E-state index in [9.17, 15) is 4.79 Å². The molecular formula is C17H25NO4. The molecule has 0 heterocycles. The van der Waals surface area contributed by atoms with Crippen molar-refractivity contribution in [2.24, 2.45) is 5.92 Å². The van der Waals surface area contributed by atoms with Gasteiger partial charge in [0.2, 0.25) is 5.75 Å². The Hall–Kier alpha value is -1.91. The van der Waals surface area contributed by atoms with Gasteiger partial charge in [-0.3, -0.25) is 4.79 Å². The first-order valence-corrected chi connectivity index (χ1v) is 7.77. The van der Waals surface area contributed by atoms with Gasteiger partial charge >= 0.3 is 0 Å². The lowest BCUT2D eigenvalue weighted by molar-refractivity contribution is -0.124. The van der Waals surface area contributed by atoms with E-state index in [-0.39, 0.29) is 18.6 Å². The van der Waals surface area contributed by atoms with Gasteiger partial charge < -0.3 is 19.5 Å². The van der Waals surface area contributed by atoms with Crippen LogP contribution in [0.4, 0.5) is 0 Å². The van der Waals surface area contributed by atoms with Crippen LogP contribution in [0.5, 0.6) is 17.2 Å². The molecule has 1 N–H and O–H groups in total. The van der Waals surface area contributed by atoms with Crippen LogP contribution in [-0.4, -0.2) is 32.8 Å². The zero-order chi connectivity index (χ0) is 15.9. The fraction of sp³-hybridized carbons (Fsp3) is 0.588. The van der Waals surface area contributed by atoms with Crippen molar-refractivity contribution in [3.63, 3.8) is 0 Å². The molecule has 1 fully saturated rings. The minimum Gasteiger partial charge on any atom is -0.493 e. The smallest absolute Gasteiger partial charge is 0.258 e. The third-order valence-corrected chi connectivity index (χ3v) is 4.11. The van der Waals surface area contributed by atoms with Crippen LogP contribution in [0.15, 0.2) is 18.2 Å². The standard InChI is InChI=1S/C17H25NO4/c1-12-7-9-13(10-8-12)18-16(19)11-22-17-14(20-2)5-4-6-15(17)21-3/h4-6,12-13H,7-11H2,1-3H3,(H,18,19). The van der Waals surface area contributed by atoms with Crippen molar-refractivity contribution < 1.29 is 19.0 Å². The molecule has 0 spiro atoms. The summed E-state index contributed by atoms with van der Waals surface area (Å²) in [4.78, 5) is 12.0. The summed E-state index contributed by atoms with van der Waals surface area (Å²) in [5.41, 5.74) is 0. The number of hydrogen-bond acceptors (Lipinski definition) is 4. The predicted octanol–water partition coefficient (Wildman–Crippen LogP) is 2.78. The maximum atomic E-state index is 12.0. The van der Waals surface area contributed by atoms with Gasteiger partial charge in [-0.1, -0.05) is 13.0 Å². The number of carbonyl (C=O) groups is 1. The Bertz CT molecular complexity index is 473. The molecule has 2 rings (SSSR count). The minimum absolute atomic E-state index is 0.0389. The number of nitrogens with one attached hydrogen (secondary N) is 1. The van der Waals surface area contributed by atoms with Crippen molar-refractivity contribution in [3.05, 3.63) is 18.2 Å². The van der Waals surface area contributed by atoms with Crippen molar-refractivity contribution in [1.82, 2.24) is 5.32 Å². The molecule has 5 heteroatoms. The number of rotatable bonds is 6. The van der Waals surface area contributed by atoms with Gasteiger partial charge in [0.1, 0.15) is 0 Å². The number of benzene rings is 1. The van der Waals surface area contributed by atoms with E-state index in [4.69, 9.17) is 14.2 Å². The van der Waals surface area contributed by atoms with E-state index in [0.29, 0.717) is 17.2 Å². The highest BCUT2D eigenvalue weighted by Crippen LogP contribution is 2.36.